The topological polar surface area (TPSA) is 102 Å². The lowest BCUT2D eigenvalue weighted by atomic mass is 10.0. The molecule has 1 amide bonds. The van der Waals surface area contributed by atoms with Gasteiger partial charge in [-0.25, -0.2) is 14.6 Å². The number of amides is 1. The van der Waals surface area contributed by atoms with Crippen molar-refractivity contribution >= 4 is 17.8 Å². The molecule has 3 aromatic rings. The van der Waals surface area contributed by atoms with Crippen molar-refractivity contribution in [3.8, 4) is 11.4 Å². The van der Waals surface area contributed by atoms with Crippen molar-refractivity contribution in [2.24, 2.45) is 0 Å². The molecule has 8 nitrogen and oxygen atoms in total. The smallest absolute Gasteiger partial charge is 0.337 e. The summed E-state index contributed by atoms with van der Waals surface area (Å²) in [5, 5.41) is 9.99. The minimum Gasteiger partial charge on any atom is -0.478 e. The average Bonchev–Trinajstić information content (AvgIpc) is 3.37. The number of aromatic nitrogens is 2. The minimum absolute atomic E-state index is 0.0946. The number of carboxylic acids is 1. The molecule has 1 unspecified atom stereocenters. The average molecular weight is 506 g/mol. The highest BCUT2D eigenvalue weighted by atomic mass is 16.5. The zero-order valence-electron chi connectivity index (χ0n) is 21.9. The Balaban J connectivity index is 2.17. The highest BCUT2D eigenvalue weighted by Gasteiger charge is 2.26. The summed E-state index contributed by atoms with van der Waals surface area (Å²) in [4.78, 5) is 44.4. The van der Waals surface area contributed by atoms with Crippen LogP contribution in [-0.4, -0.2) is 57.6 Å². The third kappa shape index (κ3) is 6.44. The number of esters is 1. The lowest BCUT2D eigenvalue weighted by molar-refractivity contribution is 0.0600. The normalized spacial score (nSPS) is 11.7. The van der Waals surface area contributed by atoms with Gasteiger partial charge in [0.2, 0.25) is 0 Å². The first-order valence-corrected chi connectivity index (χ1v) is 12.7. The van der Waals surface area contributed by atoms with E-state index in [1.54, 1.807) is 12.3 Å². The molecule has 2 aromatic carbocycles. The van der Waals surface area contributed by atoms with Crippen LogP contribution in [0.3, 0.4) is 0 Å². The molecule has 37 heavy (non-hydrogen) atoms. The monoisotopic (exact) mass is 505 g/mol. The van der Waals surface area contributed by atoms with Gasteiger partial charge in [-0.1, -0.05) is 57.0 Å². The molecule has 196 valence electrons. The standard InChI is InChI=1S/C29H35N3O5/c1-5-7-16-31(17-8-6-2)27(33)25-19-32(20(3)21-12-10-9-11-13-21)26(30-25)23-15-14-22(29(36)37-4)18-24(23)28(34)35/h9-15,18-20H,5-8,16-17H2,1-4H3,(H,34,35). The SMILES string of the molecule is CCCCN(CCCC)C(=O)c1cn(C(C)c2ccccc2)c(-c2ccc(C(=O)OC)cc2C(=O)O)n1. The second-order valence-corrected chi connectivity index (χ2v) is 9.00. The third-order valence-corrected chi connectivity index (χ3v) is 6.41. The van der Waals surface area contributed by atoms with E-state index in [0.29, 0.717) is 24.5 Å². The number of hydrogen-bond donors (Lipinski definition) is 1. The van der Waals surface area contributed by atoms with Crippen molar-refractivity contribution in [1.82, 2.24) is 14.5 Å². The Kier molecular flexibility index (Phi) is 9.60. The van der Waals surface area contributed by atoms with Crippen molar-refractivity contribution in [3.63, 3.8) is 0 Å². The van der Waals surface area contributed by atoms with Crippen LogP contribution in [0.1, 0.15) is 89.3 Å². The first kappa shape index (κ1) is 27.6. The van der Waals surface area contributed by atoms with Gasteiger partial charge in [0.15, 0.2) is 0 Å². The molecule has 0 spiro atoms. The van der Waals surface area contributed by atoms with E-state index in [1.165, 1.54) is 19.2 Å². The molecule has 0 fully saturated rings. The molecule has 1 aromatic heterocycles. The van der Waals surface area contributed by atoms with Crippen molar-refractivity contribution in [2.75, 3.05) is 20.2 Å². The number of aromatic carboxylic acids is 1. The minimum atomic E-state index is -1.21. The van der Waals surface area contributed by atoms with E-state index in [4.69, 9.17) is 9.72 Å². The lowest BCUT2D eigenvalue weighted by Crippen LogP contribution is -2.33. The molecule has 8 heteroatoms. The van der Waals surface area contributed by atoms with Crippen molar-refractivity contribution in [2.45, 2.75) is 52.5 Å². The van der Waals surface area contributed by atoms with Gasteiger partial charge in [0.25, 0.3) is 5.91 Å². The maximum Gasteiger partial charge on any atom is 0.337 e. The molecule has 0 saturated heterocycles. The molecule has 1 heterocycles. The molecular formula is C29H35N3O5. The van der Waals surface area contributed by atoms with Crippen LogP contribution in [0.5, 0.6) is 0 Å². The summed E-state index contributed by atoms with van der Waals surface area (Å²) in [6.45, 7) is 7.43. The number of carboxylic acid groups (broad SMARTS) is 1. The van der Waals surface area contributed by atoms with Crippen LogP contribution in [0, 0.1) is 0 Å². The number of ether oxygens (including phenoxy) is 1. The second kappa shape index (κ2) is 12.9. The van der Waals surface area contributed by atoms with E-state index in [0.717, 1.165) is 31.2 Å². The van der Waals surface area contributed by atoms with Crippen LogP contribution in [0.2, 0.25) is 0 Å². The molecular weight excluding hydrogens is 470 g/mol. The summed E-state index contributed by atoms with van der Waals surface area (Å²) in [5.74, 6) is -1.67. The van der Waals surface area contributed by atoms with Crippen LogP contribution in [0.15, 0.2) is 54.7 Å². The fraction of sp³-hybridized carbons (Fsp3) is 0.379. The van der Waals surface area contributed by atoms with E-state index in [9.17, 15) is 19.5 Å². The van der Waals surface area contributed by atoms with Gasteiger partial charge in [0.05, 0.1) is 24.3 Å². The Hall–Kier alpha value is -3.94. The van der Waals surface area contributed by atoms with Crippen molar-refractivity contribution < 1.29 is 24.2 Å². The van der Waals surface area contributed by atoms with Gasteiger partial charge in [-0.2, -0.15) is 0 Å². The molecule has 0 aliphatic heterocycles. The number of unbranched alkanes of at least 4 members (excludes halogenated alkanes) is 2. The first-order valence-electron chi connectivity index (χ1n) is 12.7. The maximum absolute atomic E-state index is 13.6. The van der Waals surface area contributed by atoms with Crippen LogP contribution < -0.4 is 0 Å². The highest BCUT2D eigenvalue weighted by Crippen LogP contribution is 2.30. The summed E-state index contributed by atoms with van der Waals surface area (Å²) in [5.41, 5.74) is 1.59. The fourth-order valence-corrected chi connectivity index (χ4v) is 4.22. The molecule has 1 N–H and O–H groups in total. The predicted octanol–water partition coefficient (Wildman–Crippen LogP) is 5.69. The number of methoxy groups -OCH3 is 1. The predicted molar refractivity (Wildman–Crippen MR) is 142 cm³/mol. The van der Waals surface area contributed by atoms with Crippen molar-refractivity contribution in [1.29, 1.82) is 0 Å². The lowest BCUT2D eigenvalue weighted by Gasteiger charge is -2.21. The Morgan fingerprint density at radius 2 is 1.68 bits per heavy atom. The molecule has 1 atom stereocenters. The molecule has 0 saturated carbocycles. The number of nitrogens with zero attached hydrogens (tertiary/aromatic N) is 3. The van der Waals surface area contributed by atoms with Crippen molar-refractivity contribution in [3.05, 3.63) is 77.1 Å². The summed E-state index contributed by atoms with van der Waals surface area (Å²) in [6.07, 6.45) is 5.42. The van der Waals surface area contributed by atoms with Gasteiger partial charge in [-0.15, -0.1) is 0 Å². The van der Waals surface area contributed by atoms with Gasteiger partial charge in [0.1, 0.15) is 11.5 Å². The number of rotatable bonds is 12. The van der Waals surface area contributed by atoms with Crippen LogP contribution in [-0.2, 0) is 4.74 Å². The number of hydrogen-bond acceptors (Lipinski definition) is 5. The van der Waals surface area contributed by atoms with E-state index >= 15 is 0 Å². The Labute approximate surface area is 217 Å². The van der Waals surface area contributed by atoms with Gasteiger partial charge in [-0.3, -0.25) is 4.79 Å². The first-order chi connectivity index (χ1) is 17.8. The van der Waals surface area contributed by atoms with Crippen LogP contribution >= 0.6 is 0 Å². The number of imidazole rings is 1. The largest absolute Gasteiger partial charge is 0.478 e. The molecule has 0 aliphatic rings. The highest BCUT2D eigenvalue weighted by molar-refractivity contribution is 6.00. The van der Waals surface area contributed by atoms with Crippen LogP contribution in [0.25, 0.3) is 11.4 Å². The van der Waals surface area contributed by atoms with E-state index in [-0.39, 0.29) is 28.8 Å². The zero-order chi connectivity index (χ0) is 26.9. The van der Waals surface area contributed by atoms with E-state index in [1.807, 2.05) is 46.7 Å². The summed E-state index contributed by atoms with van der Waals surface area (Å²) in [7, 11) is 1.24. The number of benzene rings is 2. The van der Waals surface area contributed by atoms with Gasteiger partial charge < -0.3 is 19.3 Å². The molecule has 0 aliphatic carbocycles. The third-order valence-electron chi connectivity index (χ3n) is 6.41. The van der Waals surface area contributed by atoms with Crippen LogP contribution in [0.4, 0.5) is 0 Å². The zero-order valence-corrected chi connectivity index (χ0v) is 21.9. The molecule has 0 radical (unpaired) electrons. The molecule has 3 rings (SSSR count). The Morgan fingerprint density at radius 1 is 1.03 bits per heavy atom. The fourth-order valence-electron chi connectivity index (χ4n) is 4.22. The maximum atomic E-state index is 13.6. The summed E-state index contributed by atoms with van der Waals surface area (Å²) >= 11 is 0. The quantitative estimate of drug-likeness (QED) is 0.318. The Bertz CT molecular complexity index is 1230. The molecule has 0 bridgehead atoms. The van der Waals surface area contributed by atoms with Gasteiger partial charge in [-0.05, 0) is 43.5 Å². The number of carbonyl (C=O) groups excluding carboxylic acids is 2. The van der Waals surface area contributed by atoms with E-state index in [2.05, 4.69) is 13.8 Å². The van der Waals surface area contributed by atoms with Gasteiger partial charge in [0, 0.05) is 24.8 Å². The summed E-state index contributed by atoms with van der Waals surface area (Å²) in [6, 6.07) is 13.8. The second-order valence-electron chi connectivity index (χ2n) is 9.00. The Morgan fingerprint density at radius 3 is 2.24 bits per heavy atom. The van der Waals surface area contributed by atoms with Gasteiger partial charge >= 0.3 is 11.9 Å². The summed E-state index contributed by atoms with van der Waals surface area (Å²) < 4.78 is 6.59. The van der Waals surface area contributed by atoms with E-state index < -0.39 is 11.9 Å². The number of carbonyl (C=O) groups is 3.